The lowest BCUT2D eigenvalue weighted by molar-refractivity contribution is 0.937. The Labute approximate surface area is 140 Å². The van der Waals surface area contributed by atoms with Gasteiger partial charge in [-0.05, 0) is 36.9 Å². The summed E-state index contributed by atoms with van der Waals surface area (Å²) in [6, 6.07) is 15.8. The molecule has 24 heavy (non-hydrogen) atoms. The van der Waals surface area contributed by atoms with Gasteiger partial charge in [-0.2, -0.15) is 15.6 Å². The lowest BCUT2D eigenvalue weighted by Crippen LogP contribution is -1.87. The molecule has 0 fully saturated rings. The highest BCUT2D eigenvalue weighted by Crippen LogP contribution is 2.34. The van der Waals surface area contributed by atoms with Crippen molar-refractivity contribution in [1.82, 2.24) is 15.4 Å². The molecule has 5 nitrogen and oxygen atoms in total. The zero-order chi connectivity index (χ0) is 16.9. The Balaban J connectivity index is 2.17. The first-order valence-corrected chi connectivity index (χ1v) is 7.42. The molecule has 1 heterocycles. The standard InChI is InChI=1S/C19H15N5/c1-3-6-16-15(9-5-10-17(16)21-2)13-7-4-8-14(11-13)19-18(12-20)22-24-23-19/h3-11H,2H2,1H3,(H,22,23,24)/b6-3-. The van der Waals surface area contributed by atoms with E-state index in [9.17, 15) is 0 Å². The highest BCUT2D eigenvalue weighted by Gasteiger charge is 2.12. The minimum Gasteiger partial charge on any atom is -0.264 e. The van der Waals surface area contributed by atoms with Crippen LogP contribution in [0.15, 0.2) is 53.5 Å². The van der Waals surface area contributed by atoms with E-state index in [1.54, 1.807) is 0 Å². The molecule has 0 saturated carbocycles. The second-order valence-electron chi connectivity index (χ2n) is 5.11. The lowest BCUT2D eigenvalue weighted by Gasteiger charge is -2.10. The van der Waals surface area contributed by atoms with Crippen LogP contribution in [0.4, 0.5) is 5.69 Å². The Morgan fingerprint density at radius 1 is 1.17 bits per heavy atom. The minimum absolute atomic E-state index is 0.280. The third-order valence-electron chi connectivity index (χ3n) is 3.69. The molecule has 0 saturated heterocycles. The maximum absolute atomic E-state index is 9.14. The Bertz CT molecular complexity index is 960. The molecule has 2 aromatic carbocycles. The molecule has 116 valence electrons. The molecule has 1 N–H and O–H groups in total. The van der Waals surface area contributed by atoms with E-state index >= 15 is 0 Å². The summed E-state index contributed by atoms with van der Waals surface area (Å²) in [5.41, 5.74) is 5.55. The summed E-state index contributed by atoms with van der Waals surface area (Å²) in [6.07, 6.45) is 3.99. The zero-order valence-corrected chi connectivity index (χ0v) is 13.2. The van der Waals surface area contributed by atoms with Gasteiger partial charge in [0.15, 0.2) is 5.69 Å². The molecule has 5 heteroatoms. The van der Waals surface area contributed by atoms with E-state index in [1.807, 2.05) is 67.6 Å². The van der Waals surface area contributed by atoms with E-state index in [-0.39, 0.29) is 5.69 Å². The molecule has 0 radical (unpaired) electrons. The number of nitriles is 1. The van der Waals surface area contributed by atoms with Crippen LogP contribution in [-0.4, -0.2) is 22.1 Å². The number of nitrogens with one attached hydrogen (secondary N) is 1. The van der Waals surface area contributed by atoms with E-state index in [0.29, 0.717) is 5.69 Å². The molecule has 0 atom stereocenters. The fourth-order valence-corrected chi connectivity index (χ4v) is 2.63. The molecule has 1 aromatic heterocycles. The molecule has 0 bridgehead atoms. The van der Waals surface area contributed by atoms with Gasteiger partial charge in [-0.25, -0.2) is 0 Å². The van der Waals surface area contributed by atoms with Crippen LogP contribution in [0.1, 0.15) is 18.2 Å². The van der Waals surface area contributed by atoms with E-state index in [1.165, 1.54) is 0 Å². The van der Waals surface area contributed by atoms with E-state index < -0.39 is 0 Å². The highest BCUT2D eigenvalue weighted by atomic mass is 15.3. The molecule has 0 amide bonds. The zero-order valence-electron chi connectivity index (χ0n) is 13.2. The number of aromatic nitrogens is 3. The first-order chi connectivity index (χ1) is 11.8. The highest BCUT2D eigenvalue weighted by molar-refractivity contribution is 5.84. The second-order valence-corrected chi connectivity index (χ2v) is 5.11. The van der Waals surface area contributed by atoms with Crippen molar-refractivity contribution in [3.05, 3.63) is 59.8 Å². The van der Waals surface area contributed by atoms with E-state index in [4.69, 9.17) is 5.26 Å². The Morgan fingerprint density at radius 2 is 1.96 bits per heavy atom. The number of hydrogen-bond acceptors (Lipinski definition) is 4. The van der Waals surface area contributed by atoms with Crippen LogP contribution in [0.5, 0.6) is 0 Å². The predicted octanol–water partition coefficient (Wildman–Crippen LogP) is 4.38. The summed E-state index contributed by atoms with van der Waals surface area (Å²) in [6.45, 7) is 5.61. The van der Waals surface area contributed by atoms with Crippen LogP contribution >= 0.6 is 0 Å². The fourth-order valence-electron chi connectivity index (χ4n) is 2.63. The van der Waals surface area contributed by atoms with Crippen LogP contribution < -0.4 is 0 Å². The Morgan fingerprint density at radius 3 is 2.71 bits per heavy atom. The van der Waals surface area contributed by atoms with E-state index in [2.05, 4.69) is 27.1 Å². The van der Waals surface area contributed by atoms with E-state index in [0.717, 1.165) is 27.9 Å². The van der Waals surface area contributed by atoms with Gasteiger partial charge in [0, 0.05) is 11.1 Å². The second kappa shape index (κ2) is 6.71. The van der Waals surface area contributed by atoms with Gasteiger partial charge in [-0.15, -0.1) is 5.10 Å². The smallest absolute Gasteiger partial charge is 0.190 e. The molecular formula is C19H15N5. The van der Waals surface area contributed by atoms with Crippen molar-refractivity contribution >= 4 is 18.5 Å². The van der Waals surface area contributed by atoms with Crippen LogP contribution in [0.3, 0.4) is 0 Å². The molecule has 3 rings (SSSR count). The van der Waals surface area contributed by atoms with Crippen molar-refractivity contribution in [3.8, 4) is 28.5 Å². The normalized spacial score (nSPS) is 10.7. The molecular weight excluding hydrogens is 298 g/mol. The molecule has 0 spiro atoms. The number of H-pyrrole nitrogens is 1. The summed E-state index contributed by atoms with van der Waals surface area (Å²) in [7, 11) is 0. The quantitative estimate of drug-likeness (QED) is 0.726. The van der Waals surface area contributed by atoms with Crippen molar-refractivity contribution in [3.63, 3.8) is 0 Å². The summed E-state index contributed by atoms with van der Waals surface area (Å²) >= 11 is 0. The van der Waals surface area contributed by atoms with Gasteiger partial charge in [0.05, 0.1) is 5.69 Å². The summed E-state index contributed by atoms with van der Waals surface area (Å²) in [5, 5.41) is 19.6. The van der Waals surface area contributed by atoms with Gasteiger partial charge in [-0.3, -0.25) is 4.99 Å². The number of aliphatic imine (C=N–C) groups is 1. The van der Waals surface area contributed by atoms with Crippen molar-refractivity contribution in [2.75, 3.05) is 0 Å². The molecule has 0 unspecified atom stereocenters. The average Bonchev–Trinajstić information content (AvgIpc) is 3.11. The molecule has 3 aromatic rings. The molecule has 0 aliphatic rings. The van der Waals surface area contributed by atoms with Crippen molar-refractivity contribution in [2.24, 2.45) is 4.99 Å². The largest absolute Gasteiger partial charge is 0.264 e. The average molecular weight is 313 g/mol. The van der Waals surface area contributed by atoms with Gasteiger partial charge < -0.3 is 0 Å². The first-order valence-electron chi connectivity index (χ1n) is 7.42. The van der Waals surface area contributed by atoms with Crippen molar-refractivity contribution in [2.45, 2.75) is 6.92 Å². The summed E-state index contributed by atoms with van der Waals surface area (Å²) in [4.78, 5) is 4.10. The number of benzene rings is 2. The van der Waals surface area contributed by atoms with Crippen LogP contribution in [0, 0.1) is 11.3 Å². The fraction of sp³-hybridized carbons (Fsp3) is 0.0526. The van der Waals surface area contributed by atoms with Gasteiger partial charge in [0.2, 0.25) is 0 Å². The number of hydrogen-bond donors (Lipinski definition) is 1. The first kappa shape index (κ1) is 15.4. The van der Waals surface area contributed by atoms with Crippen LogP contribution in [0.2, 0.25) is 0 Å². The lowest BCUT2D eigenvalue weighted by atomic mass is 9.95. The third-order valence-corrected chi connectivity index (χ3v) is 3.69. The summed E-state index contributed by atoms with van der Waals surface area (Å²) in [5.74, 6) is 0. The molecule has 0 aliphatic heterocycles. The van der Waals surface area contributed by atoms with Gasteiger partial charge >= 0.3 is 0 Å². The number of aromatic amines is 1. The monoisotopic (exact) mass is 313 g/mol. The third kappa shape index (κ3) is 2.73. The van der Waals surface area contributed by atoms with Gasteiger partial charge in [0.25, 0.3) is 0 Å². The SMILES string of the molecule is C=Nc1cccc(-c2cccc(-c3n[nH]nc3C#N)c2)c1/C=C\C. The maximum Gasteiger partial charge on any atom is 0.190 e. The molecule has 0 aliphatic carbocycles. The topological polar surface area (TPSA) is 77.7 Å². The Hall–Kier alpha value is -3.52. The predicted molar refractivity (Wildman–Crippen MR) is 95.9 cm³/mol. The van der Waals surface area contributed by atoms with Gasteiger partial charge in [0.1, 0.15) is 11.8 Å². The summed E-state index contributed by atoms with van der Waals surface area (Å²) < 4.78 is 0. The van der Waals surface area contributed by atoms with Crippen LogP contribution in [0.25, 0.3) is 28.5 Å². The number of allylic oxidation sites excluding steroid dienone is 1. The maximum atomic E-state index is 9.14. The van der Waals surface area contributed by atoms with Crippen molar-refractivity contribution < 1.29 is 0 Å². The Kier molecular flexibility index (Phi) is 4.30. The number of rotatable bonds is 4. The van der Waals surface area contributed by atoms with Crippen LogP contribution in [-0.2, 0) is 0 Å². The number of nitrogens with zero attached hydrogens (tertiary/aromatic N) is 4. The van der Waals surface area contributed by atoms with Crippen molar-refractivity contribution in [1.29, 1.82) is 5.26 Å². The minimum atomic E-state index is 0.280. The van der Waals surface area contributed by atoms with Gasteiger partial charge in [-0.1, -0.05) is 42.5 Å².